The molecule has 0 aliphatic carbocycles. The lowest BCUT2D eigenvalue weighted by Crippen LogP contribution is -2.31. The molecule has 0 saturated heterocycles. The van der Waals surface area contributed by atoms with Gasteiger partial charge in [-0.2, -0.15) is 0 Å². The van der Waals surface area contributed by atoms with Crippen LogP contribution >= 0.6 is 11.8 Å². The molecule has 0 amide bonds. The Morgan fingerprint density at radius 2 is 2.17 bits per heavy atom. The first kappa shape index (κ1) is 8.10. The maximum absolute atomic E-state index is 9.48. The van der Waals surface area contributed by atoms with E-state index in [0.717, 1.165) is 5.56 Å². The fourth-order valence-electron chi connectivity index (χ4n) is 1.37. The summed E-state index contributed by atoms with van der Waals surface area (Å²) in [6.07, 6.45) is -0.398. The average Bonchev–Trinajstić information content (AvgIpc) is 2.12. The molecule has 0 radical (unpaired) electrons. The number of benzene rings is 1. The molecule has 1 aromatic carbocycles. The number of rotatable bonds is 0. The van der Waals surface area contributed by atoms with Crippen LogP contribution in [-0.4, -0.2) is 17.0 Å². The van der Waals surface area contributed by atoms with E-state index >= 15 is 0 Å². The predicted molar refractivity (Wildman–Crippen MR) is 50.1 cm³/mol. The van der Waals surface area contributed by atoms with Gasteiger partial charge in [0.15, 0.2) is 0 Å². The molecule has 3 heteroatoms. The molecule has 0 unspecified atom stereocenters. The molecule has 1 aliphatic rings. The Balaban J connectivity index is 2.42. The van der Waals surface area contributed by atoms with E-state index in [-0.39, 0.29) is 6.04 Å². The van der Waals surface area contributed by atoms with Crippen LogP contribution in [0, 0.1) is 0 Å². The summed E-state index contributed by atoms with van der Waals surface area (Å²) in [5.74, 6) is 0.707. The molecule has 1 aromatic rings. The Morgan fingerprint density at radius 3 is 3.00 bits per heavy atom. The number of aliphatic hydroxyl groups is 1. The van der Waals surface area contributed by atoms with Crippen molar-refractivity contribution >= 4 is 11.8 Å². The van der Waals surface area contributed by atoms with Crippen LogP contribution in [0.5, 0.6) is 0 Å². The standard InChI is InChI=1S/C9H11NOS/c10-9-6-3-1-2-4-8(6)12-5-7(9)11/h1-4,7,9,11H,5,10H2/t7-,9-/m0/s1. The molecule has 0 fully saturated rings. The van der Waals surface area contributed by atoms with Crippen LogP contribution in [-0.2, 0) is 0 Å². The van der Waals surface area contributed by atoms with Gasteiger partial charge in [-0.3, -0.25) is 0 Å². The smallest absolute Gasteiger partial charge is 0.0826 e. The topological polar surface area (TPSA) is 46.2 Å². The van der Waals surface area contributed by atoms with E-state index in [1.54, 1.807) is 11.8 Å². The third-order valence-corrected chi connectivity index (χ3v) is 3.29. The SMILES string of the molecule is N[C@H]1c2ccccc2SC[C@@H]1O. The highest BCUT2D eigenvalue weighted by molar-refractivity contribution is 7.99. The Bertz CT molecular complexity index is 290. The zero-order valence-corrected chi connectivity index (χ0v) is 7.42. The second kappa shape index (κ2) is 3.09. The lowest BCUT2D eigenvalue weighted by molar-refractivity contribution is 0.165. The van der Waals surface area contributed by atoms with E-state index < -0.39 is 6.10 Å². The van der Waals surface area contributed by atoms with E-state index in [9.17, 15) is 5.11 Å². The van der Waals surface area contributed by atoms with Crippen molar-refractivity contribution in [2.45, 2.75) is 17.0 Å². The van der Waals surface area contributed by atoms with Crippen LogP contribution < -0.4 is 5.73 Å². The Kier molecular flexibility index (Phi) is 2.09. The molecule has 3 N–H and O–H groups in total. The van der Waals surface area contributed by atoms with Gasteiger partial charge in [-0.25, -0.2) is 0 Å². The average molecular weight is 181 g/mol. The van der Waals surface area contributed by atoms with Gasteiger partial charge in [-0.05, 0) is 11.6 Å². The second-order valence-corrected chi connectivity index (χ2v) is 4.00. The summed E-state index contributed by atoms with van der Waals surface area (Å²) < 4.78 is 0. The quantitative estimate of drug-likeness (QED) is 0.631. The highest BCUT2D eigenvalue weighted by Gasteiger charge is 2.24. The highest BCUT2D eigenvalue weighted by atomic mass is 32.2. The molecule has 0 saturated carbocycles. The van der Waals surface area contributed by atoms with Crippen molar-refractivity contribution < 1.29 is 5.11 Å². The lowest BCUT2D eigenvalue weighted by Gasteiger charge is -2.26. The Morgan fingerprint density at radius 1 is 1.42 bits per heavy atom. The van der Waals surface area contributed by atoms with E-state index in [1.807, 2.05) is 24.3 Å². The van der Waals surface area contributed by atoms with Crippen LogP contribution in [0.1, 0.15) is 11.6 Å². The molecule has 0 aromatic heterocycles. The largest absolute Gasteiger partial charge is 0.390 e. The maximum atomic E-state index is 9.48. The summed E-state index contributed by atoms with van der Waals surface area (Å²) in [7, 11) is 0. The zero-order valence-electron chi connectivity index (χ0n) is 6.60. The van der Waals surface area contributed by atoms with Gasteiger partial charge in [0.05, 0.1) is 12.1 Å². The third kappa shape index (κ3) is 1.24. The van der Waals surface area contributed by atoms with Crippen LogP contribution in [0.3, 0.4) is 0 Å². The third-order valence-electron chi connectivity index (χ3n) is 2.10. The van der Waals surface area contributed by atoms with Gasteiger partial charge >= 0.3 is 0 Å². The van der Waals surface area contributed by atoms with Crippen molar-refractivity contribution in [2.75, 3.05) is 5.75 Å². The van der Waals surface area contributed by atoms with Crippen LogP contribution in [0.25, 0.3) is 0 Å². The fourth-order valence-corrected chi connectivity index (χ4v) is 2.48. The molecule has 0 bridgehead atoms. The lowest BCUT2D eigenvalue weighted by atomic mass is 10.0. The summed E-state index contributed by atoms with van der Waals surface area (Å²) in [6.45, 7) is 0. The molecular formula is C9H11NOS. The molecule has 2 nitrogen and oxygen atoms in total. The summed E-state index contributed by atoms with van der Waals surface area (Å²) in [5, 5.41) is 9.48. The summed E-state index contributed by atoms with van der Waals surface area (Å²) in [6, 6.07) is 7.77. The number of nitrogens with two attached hydrogens (primary N) is 1. The van der Waals surface area contributed by atoms with Gasteiger partial charge in [0.2, 0.25) is 0 Å². The molecule has 2 rings (SSSR count). The molecular weight excluding hydrogens is 170 g/mol. The van der Waals surface area contributed by atoms with Crippen molar-refractivity contribution in [3.63, 3.8) is 0 Å². The van der Waals surface area contributed by atoms with E-state index in [2.05, 4.69) is 0 Å². The molecule has 2 atom stereocenters. The van der Waals surface area contributed by atoms with Gasteiger partial charge in [0.25, 0.3) is 0 Å². The molecule has 1 aliphatic heterocycles. The van der Waals surface area contributed by atoms with Crippen molar-refractivity contribution in [1.82, 2.24) is 0 Å². The Hall–Kier alpha value is -0.510. The number of fused-ring (bicyclic) bond motifs is 1. The number of hydrogen-bond donors (Lipinski definition) is 2. The van der Waals surface area contributed by atoms with Gasteiger partial charge in [-0.1, -0.05) is 18.2 Å². The van der Waals surface area contributed by atoms with E-state index in [4.69, 9.17) is 5.73 Å². The molecule has 1 heterocycles. The maximum Gasteiger partial charge on any atom is 0.0826 e. The summed E-state index contributed by atoms with van der Waals surface area (Å²) in [4.78, 5) is 1.20. The number of hydrogen-bond acceptors (Lipinski definition) is 3. The minimum absolute atomic E-state index is 0.206. The normalized spacial score (nSPS) is 28.2. The van der Waals surface area contributed by atoms with Crippen LogP contribution in [0.2, 0.25) is 0 Å². The van der Waals surface area contributed by atoms with Gasteiger partial charge in [-0.15, -0.1) is 11.8 Å². The molecule has 12 heavy (non-hydrogen) atoms. The van der Waals surface area contributed by atoms with E-state index in [1.165, 1.54) is 4.90 Å². The number of thioether (sulfide) groups is 1. The first-order valence-electron chi connectivity index (χ1n) is 3.94. The first-order valence-corrected chi connectivity index (χ1v) is 4.93. The summed E-state index contributed by atoms with van der Waals surface area (Å²) in [5.41, 5.74) is 6.90. The highest BCUT2D eigenvalue weighted by Crippen LogP contribution is 2.34. The van der Waals surface area contributed by atoms with E-state index in [0.29, 0.717) is 5.75 Å². The van der Waals surface area contributed by atoms with Gasteiger partial charge < -0.3 is 10.8 Å². The predicted octanol–water partition coefficient (Wildman–Crippen LogP) is 1.15. The monoisotopic (exact) mass is 181 g/mol. The number of aliphatic hydroxyl groups excluding tert-OH is 1. The Labute approximate surface area is 75.8 Å². The minimum atomic E-state index is -0.398. The molecule has 0 spiro atoms. The molecule has 64 valence electrons. The first-order chi connectivity index (χ1) is 5.79. The van der Waals surface area contributed by atoms with Gasteiger partial charge in [0.1, 0.15) is 0 Å². The van der Waals surface area contributed by atoms with Gasteiger partial charge in [0, 0.05) is 10.6 Å². The van der Waals surface area contributed by atoms with Crippen molar-refractivity contribution in [1.29, 1.82) is 0 Å². The van der Waals surface area contributed by atoms with Crippen molar-refractivity contribution in [3.8, 4) is 0 Å². The fraction of sp³-hybridized carbons (Fsp3) is 0.333. The van der Waals surface area contributed by atoms with Crippen LogP contribution in [0.4, 0.5) is 0 Å². The summed E-state index contributed by atoms with van der Waals surface area (Å²) >= 11 is 1.67. The van der Waals surface area contributed by atoms with Crippen molar-refractivity contribution in [2.24, 2.45) is 5.73 Å². The second-order valence-electron chi connectivity index (χ2n) is 2.94. The van der Waals surface area contributed by atoms with Crippen LogP contribution in [0.15, 0.2) is 29.2 Å². The van der Waals surface area contributed by atoms with Crippen molar-refractivity contribution in [3.05, 3.63) is 29.8 Å². The minimum Gasteiger partial charge on any atom is -0.390 e. The zero-order chi connectivity index (χ0) is 8.55.